The van der Waals surface area contributed by atoms with Gasteiger partial charge in [0, 0.05) is 15.7 Å². The molecule has 3 aromatic rings. The van der Waals surface area contributed by atoms with Crippen LogP contribution < -0.4 is 20.2 Å². The third kappa shape index (κ3) is 5.66. The lowest BCUT2D eigenvalue weighted by Crippen LogP contribution is -2.52. The van der Waals surface area contributed by atoms with Crippen LogP contribution >= 0.6 is 15.9 Å². The van der Waals surface area contributed by atoms with E-state index in [0.717, 1.165) is 22.2 Å². The fraction of sp³-hybridized carbons (Fsp3) is 0.185. The van der Waals surface area contributed by atoms with E-state index < -0.39 is 12.1 Å². The molecular weight excluding hydrogens is 510 g/mol. The maximum atomic E-state index is 13.5. The molecule has 7 nitrogen and oxygen atoms in total. The van der Waals surface area contributed by atoms with Gasteiger partial charge in [0.2, 0.25) is 0 Å². The predicted molar refractivity (Wildman–Crippen MR) is 139 cm³/mol. The van der Waals surface area contributed by atoms with Gasteiger partial charge in [-0.25, -0.2) is 5.01 Å². The van der Waals surface area contributed by atoms with Gasteiger partial charge in [0.15, 0.2) is 0 Å². The topological polar surface area (TPSA) is 79.9 Å². The Labute approximate surface area is 212 Å². The fourth-order valence-corrected chi connectivity index (χ4v) is 3.98. The summed E-state index contributed by atoms with van der Waals surface area (Å²) in [7, 11) is 0. The van der Waals surface area contributed by atoms with Gasteiger partial charge in [-0.3, -0.25) is 15.0 Å². The van der Waals surface area contributed by atoms with Crippen molar-refractivity contribution in [3.8, 4) is 11.5 Å². The van der Waals surface area contributed by atoms with Gasteiger partial charge in [-0.05, 0) is 66.6 Å². The summed E-state index contributed by atoms with van der Waals surface area (Å²) in [6.07, 6.45) is 1.94. The zero-order valence-electron chi connectivity index (χ0n) is 19.3. The van der Waals surface area contributed by atoms with E-state index in [0.29, 0.717) is 35.8 Å². The molecule has 1 atom stereocenters. The highest BCUT2D eigenvalue weighted by Gasteiger charge is 2.34. The van der Waals surface area contributed by atoms with Crippen molar-refractivity contribution in [3.05, 3.63) is 101 Å². The molecule has 0 spiro atoms. The quantitative estimate of drug-likeness (QED) is 0.343. The van der Waals surface area contributed by atoms with Crippen LogP contribution in [0.15, 0.2) is 83.9 Å². The van der Waals surface area contributed by atoms with Gasteiger partial charge in [-0.1, -0.05) is 47.6 Å². The standard InChI is InChI=1S/C27H26BrN3O4/c1-3-15-34-21-10-5-18(6-11-21)25-29-24-14-9-20(28)17-23(24)27(33)31(25)30-26(32)19-7-12-22(13-8-19)35-16-4-2/h4-14,17,25,29H,2-3,15-16H2,1H3,(H,30,32)/t25-/m0/s1. The van der Waals surface area contributed by atoms with E-state index in [1.807, 2.05) is 43.3 Å². The van der Waals surface area contributed by atoms with E-state index in [1.165, 1.54) is 5.01 Å². The number of anilines is 1. The Morgan fingerprint density at radius 1 is 1.09 bits per heavy atom. The first kappa shape index (κ1) is 24.3. The van der Waals surface area contributed by atoms with E-state index in [-0.39, 0.29) is 5.91 Å². The van der Waals surface area contributed by atoms with E-state index >= 15 is 0 Å². The predicted octanol–water partition coefficient (Wildman–Crippen LogP) is 5.71. The molecule has 0 bridgehead atoms. The molecule has 35 heavy (non-hydrogen) atoms. The molecule has 4 rings (SSSR count). The van der Waals surface area contributed by atoms with Crippen LogP contribution in [0.5, 0.6) is 11.5 Å². The average Bonchev–Trinajstić information content (AvgIpc) is 2.88. The maximum Gasteiger partial charge on any atom is 0.276 e. The minimum atomic E-state index is -0.615. The minimum absolute atomic E-state index is 0.323. The maximum absolute atomic E-state index is 13.5. The van der Waals surface area contributed by atoms with Gasteiger partial charge in [-0.2, -0.15) is 0 Å². The van der Waals surface area contributed by atoms with Crippen molar-refractivity contribution in [2.24, 2.45) is 0 Å². The summed E-state index contributed by atoms with van der Waals surface area (Å²) in [6.45, 7) is 6.67. The number of amides is 2. The Hall–Kier alpha value is -3.78. The molecule has 1 aliphatic heterocycles. The summed E-state index contributed by atoms with van der Waals surface area (Å²) in [5.74, 6) is 0.632. The third-order valence-corrected chi connectivity index (χ3v) is 5.85. The van der Waals surface area contributed by atoms with Crippen LogP contribution in [0, 0.1) is 0 Å². The van der Waals surface area contributed by atoms with Crippen molar-refractivity contribution in [1.82, 2.24) is 10.4 Å². The summed E-state index contributed by atoms with van der Waals surface area (Å²) in [5, 5.41) is 4.69. The minimum Gasteiger partial charge on any atom is -0.494 e. The number of nitrogens with one attached hydrogen (secondary N) is 2. The molecule has 0 aliphatic carbocycles. The second-order valence-corrected chi connectivity index (χ2v) is 8.81. The van der Waals surface area contributed by atoms with Gasteiger partial charge in [0.1, 0.15) is 24.3 Å². The van der Waals surface area contributed by atoms with Crippen LogP contribution in [0.25, 0.3) is 0 Å². The molecule has 3 aromatic carbocycles. The van der Waals surface area contributed by atoms with Crippen molar-refractivity contribution in [2.45, 2.75) is 19.5 Å². The van der Waals surface area contributed by atoms with Crippen molar-refractivity contribution >= 4 is 33.4 Å². The first-order valence-electron chi connectivity index (χ1n) is 11.3. The molecule has 8 heteroatoms. The zero-order chi connectivity index (χ0) is 24.8. The monoisotopic (exact) mass is 535 g/mol. The number of ether oxygens (including phenoxy) is 2. The van der Waals surface area contributed by atoms with Crippen LogP contribution in [0.1, 0.15) is 45.8 Å². The first-order chi connectivity index (χ1) is 17.0. The molecule has 0 fully saturated rings. The molecule has 1 aliphatic rings. The smallest absolute Gasteiger partial charge is 0.276 e. The number of fused-ring (bicyclic) bond motifs is 1. The Morgan fingerprint density at radius 2 is 1.77 bits per heavy atom. The largest absolute Gasteiger partial charge is 0.494 e. The second kappa shape index (κ2) is 11.1. The number of rotatable bonds is 9. The van der Waals surface area contributed by atoms with Crippen LogP contribution in [0.3, 0.4) is 0 Å². The first-order valence-corrected chi connectivity index (χ1v) is 12.1. The molecule has 0 saturated heterocycles. The van der Waals surface area contributed by atoms with E-state index in [4.69, 9.17) is 9.47 Å². The van der Waals surface area contributed by atoms with Gasteiger partial charge in [-0.15, -0.1) is 0 Å². The summed E-state index contributed by atoms with van der Waals surface area (Å²) in [6, 6.07) is 19.6. The van der Waals surface area contributed by atoms with Crippen molar-refractivity contribution < 1.29 is 19.1 Å². The van der Waals surface area contributed by atoms with Gasteiger partial charge in [0.05, 0.1) is 12.2 Å². The molecule has 2 N–H and O–H groups in total. The summed E-state index contributed by atoms with van der Waals surface area (Å²) >= 11 is 3.42. The summed E-state index contributed by atoms with van der Waals surface area (Å²) in [5.41, 5.74) is 5.11. The lowest BCUT2D eigenvalue weighted by molar-refractivity contribution is 0.0491. The second-order valence-electron chi connectivity index (χ2n) is 7.89. The summed E-state index contributed by atoms with van der Waals surface area (Å²) in [4.78, 5) is 26.6. The van der Waals surface area contributed by atoms with Crippen molar-refractivity contribution in [3.63, 3.8) is 0 Å². The number of nitrogens with zero attached hydrogens (tertiary/aromatic N) is 1. The Bertz CT molecular complexity index is 1210. The number of carbonyl (C=O) groups is 2. The lowest BCUT2D eigenvalue weighted by atomic mass is 10.0. The number of halogens is 1. The van der Waals surface area contributed by atoms with E-state index in [2.05, 4.69) is 33.3 Å². The molecular formula is C27H26BrN3O4. The lowest BCUT2D eigenvalue weighted by Gasteiger charge is -2.38. The SMILES string of the molecule is C=CCOc1ccc(C(=O)NN2C(=O)c3cc(Br)ccc3N[C@@H]2c2ccc(OCCC)cc2)cc1. The van der Waals surface area contributed by atoms with E-state index in [1.54, 1.807) is 36.4 Å². The highest BCUT2D eigenvalue weighted by atomic mass is 79.9. The fourth-order valence-electron chi connectivity index (χ4n) is 3.62. The number of benzene rings is 3. The van der Waals surface area contributed by atoms with Gasteiger partial charge < -0.3 is 14.8 Å². The van der Waals surface area contributed by atoms with Crippen molar-refractivity contribution in [2.75, 3.05) is 18.5 Å². The Balaban J connectivity index is 1.61. The highest BCUT2D eigenvalue weighted by molar-refractivity contribution is 9.10. The number of hydrogen-bond acceptors (Lipinski definition) is 5. The summed E-state index contributed by atoms with van der Waals surface area (Å²) < 4.78 is 11.9. The van der Waals surface area contributed by atoms with Crippen LogP contribution in [0.2, 0.25) is 0 Å². The average molecular weight is 536 g/mol. The molecule has 0 unspecified atom stereocenters. The van der Waals surface area contributed by atoms with Crippen LogP contribution in [-0.2, 0) is 0 Å². The number of carbonyl (C=O) groups excluding carboxylic acids is 2. The zero-order valence-corrected chi connectivity index (χ0v) is 20.9. The van der Waals surface area contributed by atoms with E-state index in [9.17, 15) is 9.59 Å². The molecule has 2 amide bonds. The molecule has 0 radical (unpaired) electrons. The molecule has 180 valence electrons. The van der Waals surface area contributed by atoms with Crippen LogP contribution in [0.4, 0.5) is 5.69 Å². The highest BCUT2D eigenvalue weighted by Crippen LogP contribution is 2.34. The number of hydrazine groups is 1. The van der Waals surface area contributed by atoms with Gasteiger partial charge >= 0.3 is 0 Å². The van der Waals surface area contributed by atoms with Crippen molar-refractivity contribution in [1.29, 1.82) is 0 Å². The van der Waals surface area contributed by atoms with Crippen LogP contribution in [-0.4, -0.2) is 30.0 Å². The normalized spacial score (nSPS) is 14.5. The number of hydrogen-bond donors (Lipinski definition) is 2. The Morgan fingerprint density at radius 3 is 2.46 bits per heavy atom. The Kier molecular flexibility index (Phi) is 7.72. The molecule has 0 saturated carbocycles. The third-order valence-electron chi connectivity index (χ3n) is 5.36. The van der Waals surface area contributed by atoms with Gasteiger partial charge in [0.25, 0.3) is 11.8 Å². The molecule has 1 heterocycles. The molecule has 0 aromatic heterocycles.